The van der Waals surface area contributed by atoms with E-state index in [2.05, 4.69) is 0 Å². The first-order valence-electron chi connectivity index (χ1n) is 5.69. The maximum Gasteiger partial charge on any atom is 0.338 e. The Balaban J connectivity index is 3.55. The number of sulfone groups is 1. The van der Waals surface area contributed by atoms with Crippen molar-refractivity contribution in [3.05, 3.63) is 29.1 Å². The maximum atomic E-state index is 13.6. The Kier molecular flexibility index (Phi) is 4.49. The van der Waals surface area contributed by atoms with Crippen LogP contribution >= 0.6 is 0 Å². The standard InChI is InChI=1S/C12H14FNO5S/c1-3-9(11(14)15)20(18,19)7-4-6(2)10(13)8(5-7)12(16)17/h4-5,9H,3H2,1-2H3,(H2,14,15)(H,16,17). The molecule has 0 saturated heterocycles. The van der Waals surface area contributed by atoms with E-state index in [9.17, 15) is 22.4 Å². The molecule has 6 nitrogen and oxygen atoms in total. The van der Waals surface area contributed by atoms with Crippen molar-refractivity contribution in [1.82, 2.24) is 0 Å². The van der Waals surface area contributed by atoms with Gasteiger partial charge < -0.3 is 10.8 Å². The van der Waals surface area contributed by atoms with Crippen molar-refractivity contribution in [2.24, 2.45) is 5.73 Å². The summed E-state index contributed by atoms with van der Waals surface area (Å²) in [5, 5.41) is 7.38. The summed E-state index contributed by atoms with van der Waals surface area (Å²) >= 11 is 0. The molecule has 110 valence electrons. The van der Waals surface area contributed by atoms with E-state index < -0.39 is 43.2 Å². The number of carbonyl (C=O) groups is 2. The van der Waals surface area contributed by atoms with Gasteiger partial charge in [0.15, 0.2) is 9.84 Å². The number of halogens is 1. The number of carboxylic acids is 1. The van der Waals surface area contributed by atoms with Gasteiger partial charge in [-0.2, -0.15) is 0 Å². The lowest BCUT2D eigenvalue weighted by Gasteiger charge is -2.14. The van der Waals surface area contributed by atoms with Crippen LogP contribution in [-0.2, 0) is 14.6 Å². The second kappa shape index (κ2) is 5.58. The Morgan fingerprint density at radius 3 is 2.35 bits per heavy atom. The average Bonchev–Trinajstić information content (AvgIpc) is 2.31. The summed E-state index contributed by atoms with van der Waals surface area (Å²) in [6, 6.07) is 1.69. The lowest BCUT2D eigenvalue weighted by atomic mass is 10.1. The van der Waals surface area contributed by atoms with Gasteiger partial charge in [-0.1, -0.05) is 6.92 Å². The molecule has 8 heteroatoms. The first-order valence-corrected chi connectivity index (χ1v) is 7.24. The van der Waals surface area contributed by atoms with Crippen molar-refractivity contribution in [3.8, 4) is 0 Å². The number of aromatic carboxylic acids is 1. The SMILES string of the molecule is CCC(C(N)=O)S(=O)(=O)c1cc(C)c(F)c(C(=O)O)c1. The zero-order chi connectivity index (χ0) is 15.7. The van der Waals surface area contributed by atoms with E-state index in [1.165, 1.54) is 13.8 Å². The molecule has 1 unspecified atom stereocenters. The number of amides is 1. The lowest BCUT2D eigenvalue weighted by Crippen LogP contribution is -2.35. The van der Waals surface area contributed by atoms with Crippen molar-refractivity contribution in [2.45, 2.75) is 30.4 Å². The van der Waals surface area contributed by atoms with Crippen LogP contribution in [0.25, 0.3) is 0 Å². The van der Waals surface area contributed by atoms with Crippen LogP contribution in [0.4, 0.5) is 4.39 Å². The molecule has 0 aromatic heterocycles. The summed E-state index contributed by atoms with van der Waals surface area (Å²) in [6.07, 6.45) is -0.0590. The number of primary amides is 1. The summed E-state index contributed by atoms with van der Waals surface area (Å²) in [7, 11) is -4.15. The molecular weight excluding hydrogens is 289 g/mol. The molecule has 1 amide bonds. The summed E-state index contributed by atoms with van der Waals surface area (Å²) in [5.41, 5.74) is 4.13. The summed E-state index contributed by atoms with van der Waals surface area (Å²) < 4.78 is 38.0. The minimum absolute atomic E-state index is 0.0590. The van der Waals surface area contributed by atoms with Gasteiger partial charge in [-0.3, -0.25) is 4.79 Å². The Morgan fingerprint density at radius 1 is 1.40 bits per heavy atom. The third-order valence-corrected chi connectivity index (χ3v) is 5.06. The molecule has 0 saturated carbocycles. The Labute approximate surface area is 115 Å². The second-order valence-corrected chi connectivity index (χ2v) is 6.38. The van der Waals surface area contributed by atoms with Gasteiger partial charge in [0.05, 0.1) is 10.5 Å². The fraction of sp³-hybridized carbons (Fsp3) is 0.333. The number of benzene rings is 1. The highest BCUT2D eigenvalue weighted by Gasteiger charge is 2.32. The number of carboxylic acid groups (broad SMARTS) is 1. The molecular formula is C12H14FNO5S. The van der Waals surface area contributed by atoms with Crippen LogP contribution in [0.3, 0.4) is 0 Å². The van der Waals surface area contributed by atoms with Crippen molar-refractivity contribution < 1.29 is 27.5 Å². The van der Waals surface area contributed by atoms with Gasteiger partial charge in [0.2, 0.25) is 5.91 Å². The monoisotopic (exact) mass is 303 g/mol. The van der Waals surface area contributed by atoms with Crippen LogP contribution in [0.1, 0.15) is 29.3 Å². The molecule has 20 heavy (non-hydrogen) atoms. The van der Waals surface area contributed by atoms with Gasteiger partial charge in [-0.15, -0.1) is 0 Å². The van der Waals surface area contributed by atoms with E-state index in [0.717, 1.165) is 6.07 Å². The molecule has 0 aliphatic carbocycles. The highest BCUT2D eigenvalue weighted by Crippen LogP contribution is 2.23. The summed E-state index contributed by atoms with van der Waals surface area (Å²) in [6.45, 7) is 2.70. The van der Waals surface area contributed by atoms with Gasteiger partial charge in [0.25, 0.3) is 0 Å². The van der Waals surface area contributed by atoms with Crippen molar-refractivity contribution in [3.63, 3.8) is 0 Å². The summed E-state index contributed by atoms with van der Waals surface area (Å²) in [4.78, 5) is 21.6. The number of hydrogen-bond acceptors (Lipinski definition) is 4. The molecule has 0 bridgehead atoms. The molecule has 0 radical (unpaired) electrons. The molecule has 0 heterocycles. The number of rotatable bonds is 5. The van der Waals surface area contributed by atoms with E-state index >= 15 is 0 Å². The zero-order valence-electron chi connectivity index (χ0n) is 10.9. The first kappa shape index (κ1) is 16.1. The Bertz CT molecular complexity index is 669. The third-order valence-electron chi connectivity index (χ3n) is 2.85. The molecule has 1 aromatic rings. The van der Waals surface area contributed by atoms with Gasteiger partial charge in [0.1, 0.15) is 11.1 Å². The van der Waals surface area contributed by atoms with Crippen LogP contribution < -0.4 is 5.73 Å². The topological polar surface area (TPSA) is 115 Å². The minimum Gasteiger partial charge on any atom is -0.478 e. The Morgan fingerprint density at radius 2 is 1.95 bits per heavy atom. The van der Waals surface area contributed by atoms with Crippen LogP contribution in [0.2, 0.25) is 0 Å². The first-order chi connectivity index (χ1) is 9.12. The number of carbonyl (C=O) groups excluding carboxylic acids is 1. The molecule has 1 aromatic carbocycles. The highest BCUT2D eigenvalue weighted by atomic mass is 32.2. The predicted molar refractivity (Wildman–Crippen MR) is 68.6 cm³/mol. The fourth-order valence-corrected chi connectivity index (χ4v) is 3.49. The van der Waals surface area contributed by atoms with E-state index in [4.69, 9.17) is 10.8 Å². The van der Waals surface area contributed by atoms with Gasteiger partial charge >= 0.3 is 5.97 Å². The highest BCUT2D eigenvalue weighted by molar-refractivity contribution is 7.92. The number of aryl methyl sites for hydroxylation is 1. The van der Waals surface area contributed by atoms with Crippen LogP contribution in [0, 0.1) is 12.7 Å². The normalized spacial score (nSPS) is 12.9. The van der Waals surface area contributed by atoms with E-state index in [1.54, 1.807) is 0 Å². The molecule has 0 spiro atoms. The lowest BCUT2D eigenvalue weighted by molar-refractivity contribution is -0.117. The molecule has 1 atom stereocenters. The van der Waals surface area contributed by atoms with E-state index in [0.29, 0.717) is 6.07 Å². The fourth-order valence-electron chi connectivity index (χ4n) is 1.79. The van der Waals surface area contributed by atoms with E-state index in [1.807, 2.05) is 0 Å². The smallest absolute Gasteiger partial charge is 0.338 e. The van der Waals surface area contributed by atoms with Gasteiger partial charge in [-0.25, -0.2) is 17.6 Å². The van der Waals surface area contributed by atoms with Crippen molar-refractivity contribution in [1.29, 1.82) is 0 Å². The van der Waals surface area contributed by atoms with Gasteiger partial charge in [0, 0.05) is 0 Å². The van der Waals surface area contributed by atoms with Crippen molar-refractivity contribution in [2.75, 3.05) is 0 Å². The van der Waals surface area contributed by atoms with Crippen molar-refractivity contribution >= 4 is 21.7 Å². The largest absolute Gasteiger partial charge is 0.478 e. The Hall–Kier alpha value is -1.96. The number of hydrogen-bond donors (Lipinski definition) is 2. The van der Waals surface area contributed by atoms with E-state index in [-0.39, 0.29) is 12.0 Å². The minimum atomic E-state index is -4.15. The molecule has 0 aliphatic rings. The quantitative estimate of drug-likeness (QED) is 0.783. The predicted octanol–water partition coefficient (Wildman–Crippen LogP) is 0.870. The molecule has 3 N–H and O–H groups in total. The summed E-state index contributed by atoms with van der Waals surface area (Å²) in [5.74, 6) is -3.63. The molecule has 0 aliphatic heterocycles. The van der Waals surface area contributed by atoms with Crippen LogP contribution in [0.15, 0.2) is 17.0 Å². The van der Waals surface area contributed by atoms with Gasteiger partial charge in [-0.05, 0) is 31.0 Å². The second-order valence-electron chi connectivity index (χ2n) is 4.25. The zero-order valence-corrected chi connectivity index (χ0v) is 11.7. The maximum absolute atomic E-state index is 13.6. The van der Waals surface area contributed by atoms with Crippen LogP contribution in [0.5, 0.6) is 0 Å². The molecule has 1 rings (SSSR count). The number of nitrogens with two attached hydrogens (primary N) is 1. The average molecular weight is 303 g/mol. The third kappa shape index (κ3) is 2.79. The van der Waals surface area contributed by atoms with Crippen LogP contribution in [-0.4, -0.2) is 30.7 Å². The molecule has 0 fully saturated rings.